The minimum absolute atomic E-state index is 0.0289. The zero-order valence-corrected chi connectivity index (χ0v) is 18.1. The van der Waals surface area contributed by atoms with E-state index < -0.39 is 0 Å². The van der Waals surface area contributed by atoms with Gasteiger partial charge < -0.3 is 20.1 Å². The Kier molecular flexibility index (Phi) is 9.25. The molecule has 29 heavy (non-hydrogen) atoms. The highest BCUT2D eigenvalue weighted by atomic mass is 16.5. The predicted molar refractivity (Wildman–Crippen MR) is 114 cm³/mol. The van der Waals surface area contributed by atoms with Crippen molar-refractivity contribution in [1.29, 1.82) is 0 Å². The van der Waals surface area contributed by atoms with Crippen molar-refractivity contribution in [1.82, 2.24) is 10.2 Å². The van der Waals surface area contributed by atoms with E-state index in [4.69, 9.17) is 9.47 Å². The number of hydrogen-bond acceptors (Lipinski definition) is 5. The number of hydrogen-bond donors (Lipinski definition) is 2. The first-order chi connectivity index (χ1) is 13.9. The van der Waals surface area contributed by atoms with Crippen LogP contribution < -0.4 is 20.1 Å². The Morgan fingerprint density at radius 2 is 1.69 bits per heavy atom. The van der Waals surface area contributed by atoms with E-state index in [9.17, 15) is 9.59 Å². The molecule has 1 aliphatic rings. The van der Waals surface area contributed by atoms with E-state index in [1.165, 1.54) is 12.8 Å². The Morgan fingerprint density at radius 3 is 2.38 bits per heavy atom. The van der Waals surface area contributed by atoms with E-state index >= 15 is 0 Å². The summed E-state index contributed by atoms with van der Waals surface area (Å²) in [5.41, 5.74) is 0.635. The van der Waals surface area contributed by atoms with Crippen molar-refractivity contribution >= 4 is 17.5 Å². The second kappa shape index (κ2) is 11.7. The van der Waals surface area contributed by atoms with Gasteiger partial charge in [0, 0.05) is 17.8 Å². The second-order valence-corrected chi connectivity index (χ2v) is 7.68. The quantitative estimate of drug-likeness (QED) is 0.625. The summed E-state index contributed by atoms with van der Waals surface area (Å²) >= 11 is 0. The molecule has 2 atom stereocenters. The summed E-state index contributed by atoms with van der Waals surface area (Å²) in [5, 5.41) is 5.97. The lowest BCUT2D eigenvalue weighted by Gasteiger charge is -2.30. The Hall–Kier alpha value is -2.28. The van der Waals surface area contributed by atoms with E-state index in [1.807, 2.05) is 13.8 Å². The Morgan fingerprint density at radius 1 is 1.03 bits per heavy atom. The highest BCUT2D eigenvalue weighted by molar-refractivity contribution is 5.93. The Labute approximate surface area is 174 Å². The summed E-state index contributed by atoms with van der Waals surface area (Å²) in [5.74, 6) is 1.55. The standard InChI is InChI=1S/C22H35N3O4/c1-5-28-19-12-11-17(13-20(19)29-6-2)23-21(26)14-25(4)15-22(27)24-18-10-8-7-9-16(18)3/h11-13,16,18H,5-10,14-15H2,1-4H3,(H,23,26)(H,24,27)/t16-,18-/m1/s1. The molecule has 0 aliphatic heterocycles. The first-order valence-corrected chi connectivity index (χ1v) is 10.6. The summed E-state index contributed by atoms with van der Waals surface area (Å²) in [7, 11) is 1.77. The zero-order valence-electron chi connectivity index (χ0n) is 18.1. The summed E-state index contributed by atoms with van der Waals surface area (Å²) in [6.07, 6.45) is 4.61. The summed E-state index contributed by atoms with van der Waals surface area (Å²) in [6.45, 7) is 7.37. The van der Waals surface area contributed by atoms with E-state index in [2.05, 4.69) is 17.6 Å². The van der Waals surface area contributed by atoms with Crippen molar-refractivity contribution in [2.75, 3.05) is 38.7 Å². The van der Waals surface area contributed by atoms with Crippen molar-refractivity contribution in [3.05, 3.63) is 18.2 Å². The largest absolute Gasteiger partial charge is 0.490 e. The van der Waals surface area contributed by atoms with Crippen LogP contribution in [0.4, 0.5) is 5.69 Å². The molecule has 0 bridgehead atoms. The van der Waals surface area contributed by atoms with Crippen LogP contribution in [-0.4, -0.2) is 56.1 Å². The number of amides is 2. The SMILES string of the molecule is CCOc1ccc(NC(=O)CN(C)CC(=O)N[C@@H]2CCCC[C@H]2C)cc1OCC. The number of benzene rings is 1. The van der Waals surface area contributed by atoms with Gasteiger partial charge in [0.25, 0.3) is 0 Å². The van der Waals surface area contributed by atoms with Crippen LogP contribution in [0.5, 0.6) is 11.5 Å². The maximum atomic E-state index is 12.4. The average Bonchev–Trinajstić information content (AvgIpc) is 2.65. The van der Waals surface area contributed by atoms with Crippen molar-refractivity contribution in [2.24, 2.45) is 5.92 Å². The van der Waals surface area contributed by atoms with E-state index in [1.54, 1.807) is 30.1 Å². The van der Waals surface area contributed by atoms with E-state index in [0.29, 0.717) is 36.3 Å². The molecule has 0 spiro atoms. The molecule has 7 nitrogen and oxygen atoms in total. The normalized spacial score (nSPS) is 18.9. The van der Waals surface area contributed by atoms with Gasteiger partial charge in [-0.1, -0.05) is 19.8 Å². The molecule has 0 radical (unpaired) electrons. The number of nitrogens with zero attached hydrogens (tertiary/aromatic N) is 1. The van der Waals surface area contributed by atoms with Crippen LogP contribution in [0.2, 0.25) is 0 Å². The lowest BCUT2D eigenvalue weighted by atomic mass is 9.86. The topological polar surface area (TPSA) is 79.9 Å². The van der Waals surface area contributed by atoms with Crippen LogP contribution in [-0.2, 0) is 9.59 Å². The molecule has 0 saturated heterocycles. The van der Waals surface area contributed by atoms with Gasteiger partial charge in [0.15, 0.2) is 11.5 Å². The number of anilines is 1. The molecule has 1 aliphatic carbocycles. The third-order valence-electron chi connectivity index (χ3n) is 5.11. The zero-order chi connectivity index (χ0) is 21.2. The molecule has 2 N–H and O–H groups in total. The predicted octanol–water partition coefficient (Wildman–Crippen LogP) is 3.05. The number of carbonyl (C=O) groups excluding carboxylic acids is 2. The fourth-order valence-electron chi connectivity index (χ4n) is 3.66. The molecule has 0 aromatic heterocycles. The first kappa shape index (κ1) is 23.0. The van der Waals surface area contributed by atoms with Crippen LogP contribution in [0.25, 0.3) is 0 Å². The van der Waals surface area contributed by atoms with Gasteiger partial charge in [-0.3, -0.25) is 14.5 Å². The van der Waals surface area contributed by atoms with Gasteiger partial charge >= 0.3 is 0 Å². The number of carbonyl (C=O) groups is 2. The second-order valence-electron chi connectivity index (χ2n) is 7.68. The smallest absolute Gasteiger partial charge is 0.238 e. The van der Waals surface area contributed by atoms with Gasteiger partial charge in [-0.15, -0.1) is 0 Å². The van der Waals surface area contributed by atoms with Gasteiger partial charge in [0.2, 0.25) is 11.8 Å². The number of likely N-dealkylation sites (N-methyl/N-ethyl adjacent to an activating group) is 1. The van der Waals surface area contributed by atoms with Gasteiger partial charge in [-0.05, 0) is 51.8 Å². The summed E-state index contributed by atoms with van der Waals surface area (Å²) in [4.78, 5) is 26.4. The van der Waals surface area contributed by atoms with Crippen LogP contribution in [0.1, 0.15) is 46.5 Å². The molecule has 7 heteroatoms. The lowest BCUT2D eigenvalue weighted by molar-refractivity contribution is -0.124. The van der Waals surface area contributed by atoms with Crippen LogP contribution in [0, 0.1) is 5.92 Å². The average molecular weight is 406 g/mol. The summed E-state index contributed by atoms with van der Waals surface area (Å²) in [6, 6.07) is 5.57. The molecular formula is C22H35N3O4. The molecule has 1 aromatic rings. The number of ether oxygens (including phenoxy) is 2. The maximum Gasteiger partial charge on any atom is 0.238 e. The highest BCUT2D eigenvalue weighted by Crippen LogP contribution is 2.30. The van der Waals surface area contributed by atoms with Crippen molar-refractivity contribution in [2.45, 2.75) is 52.5 Å². The maximum absolute atomic E-state index is 12.4. The minimum atomic E-state index is -0.182. The molecule has 1 saturated carbocycles. The van der Waals surface area contributed by atoms with E-state index in [0.717, 1.165) is 12.8 Å². The first-order valence-electron chi connectivity index (χ1n) is 10.6. The third-order valence-corrected chi connectivity index (χ3v) is 5.11. The molecule has 2 rings (SSSR count). The molecule has 2 amide bonds. The fourth-order valence-corrected chi connectivity index (χ4v) is 3.66. The van der Waals surface area contributed by atoms with Gasteiger partial charge in [0.05, 0.1) is 26.3 Å². The number of nitrogens with one attached hydrogen (secondary N) is 2. The van der Waals surface area contributed by atoms with Gasteiger partial charge in [-0.2, -0.15) is 0 Å². The molecule has 0 heterocycles. The fraction of sp³-hybridized carbons (Fsp3) is 0.636. The van der Waals surface area contributed by atoms with Crippen molar-refractivity contribution in [3.63, 3.8) is 0 Å². The van der Waals surface area contributed by atoms with Crippen LogP contribution in [0.3, 0.4) is 0 Å². The Balaban J connectivity index is 1.83. The van der Waals surface area contributed by atoms with Crippen LogP contribution >= 0.6 is 0 Å². The van der Waals surface area contributed by atoms with Crippen molar-refractivity contribution in [3.8, 4) is 11.5 Å². The molecular weight excluding hydrogens is 370 g/mol. The molecule has 1 fully saturated rings. The Bertz CT molecular complexity index is 680. The molecule has 1 aromatic carbocycles. The van der Waals surface area contributed by atoms with Crippen molar-refractivity contribution < 1.29 is 19.1 Å². The van der Waals surface area contributed by atoms with Gasteiger partial charge in [0.1, 0.15) is 0 Å². The summed E-state index contributed by atoms with van der Waals surface area (Å²) < 4.78 is 11.1. The lowest BCUT2D eigenvalue weighted by Crippen LogP contribution is -2.46. The highest BCUT2D eigenvalue weighted by Gasteiger charge is 2.23. The minimum Gasteiger partial charge on any atom is -0.490 e. The molecule has 0 unspecified atom stereocenters. The monoisotopic (exact) mass is 405 g/mol. The van der Waals surface area contributed by atoms with E-state index in [-0.39, 0.29) is 30.9 Å². The van der Waals surface area contributed by atoms with Crippen LogP contribution in [0.15, 0.2) is 18.2 Å². The number of rotatable bonds is 10. The third kappa shape index (κ3) is 7.57. The van der Waals surface area contributed by atoms with Gasteiger partial charge in [-0.25, -0.2) is 0 Å². The molecule has 162 valence electrons.